The van der Waals surface area contributed by atoms with Gasteiger partial charge in [0, 0.05) is 22.8 Å². The Balaban J connectivity index is 2.16. The maximum absolute atomic E-state index is 4.83. The minimum absolute atomic E-state index is 0.919. The van der Waals surface area contributed by atoms with Gasteiger partial charge in [-0.1, -0.05) is 12.1 Å². The van der Waals surface area contributed by atoms with Crippen LogP contribution in [0, 0.1) is 13.8 Å². The average Bonchev–Trinajstić information content (AvgIpc) is 2.58. The Kier molecular flexibility index (Phi) is 5.78. The lowest BCUT2D eigenvalue weighted by molar-refractivity contribution is 1.32. The number of aryl methyl sites for hydroxylation is 2. The molecule has 1 aliphatic heterocycles. The van der Waals surface area contributed by atoms with Crippen LogP contribution >= 0.6 is 0 Å². The third kappa shape index (κ3) is 4.97. The highest BCUT2D eigenvalue weighted by Crippen LogP contribution is 2.30. The number of benzene rings is 2. The van der Waals surface area contributed by atoms with Crippen molar-refractivity contribution in [2.24, 2.45) is 9.98 Å². The molecule has 0 saturated heterocycles. The monoisotopic (exact) mass is 372 g/mol. The van der Waals surface area contributed by atoms with Gasteiger partial charge in [0.1, 0.15) is 0 Å². The molecule has 3 rings (SSSR count). The summed E-state index contributed by atoms with van der Waals surface area (Å²) in [6.07, 6.45) is 4.11. The SMILES string of the molecule is CC1=CC(C)=Nc2ccc(C)cc2NC(C)=CC(C)=Nc2ccc(C)cc2N1. The molecule has 0 spiro atoms. The first-order valence-electron chi connectivity index (χ1n) is 9.53. The zero-order valence-corrected chi connectivity index (χ0v) is 17.5. The van der Waals surface area contributed by atoms with Crippen molar-refractivity contribution in [1.82, 2.24) is 0 Å². The van der Waals surface area contributed by atoms with Crippen LogP contribution in [0.2, 0.25) is 0 Å². The van der Waals surface area contributed by atoms with Gasteiger partial charge in [0.05, 0.1) is 22.7 Å². The zero-order valence-electron chi connectivity index (χ0n) is 17.5. The van der Waals surface area contributed by atoms with Crippen molar-refractivity contribution in [1.29, 1.82) is 0 Å². The highest BCUT2D eigenvalue weighted by Gasteiger charge is 2.07. The lowest BCUT2D eigenvalue weighted by Gasteiger charge is -2.14. The number of allylic oxidation sites excluding steroid dienone is 4. The lowest BCUT2D eigenvalue weighted by atomic mass is 10.1. The zero-order chi connectivity index (χ0) is 20.3. The van der Waals surface area contributed by atoms with Gasteiger partial charge in [-0.05, 0) is 89.1 Å². The van der Waals surface area contributed by atoms with Crippen LogP contribution in [-0.2, 0) is 0 Å². The van der Waals surface area contributed by atoms with Gasteiger partial charge < -0.3 is 10.6 Å². The van der Waals surface area contributed by atoms with E-state index in [-0.39, 0.29) is 0 Å². The third-order valence-electron chi connectivity index (χ3n) is 4.41. The summed E-state index contributed by atoms with van der Waals surface area (Å²) in [5, 5.41) is 6.97. The Bertz CT molecular complexity index is 939. The largest absolute Gasteiger partial charge is 0.357 e. The summed E-state index contributed by atoms with van der Waals surface area (Å²) in [7, 11) is 0. The second-order valence-corrected chi connectivity index (χ2v) is 7.45. The summed E-state index contributed by atoms with van der Waals surface area (Å²) in [6, 6.07) is 12.5. The van der Waals surface area contributed by atoms with Crippen LogP contribution in [0.5, 0.6) is 0 Å². The minimum atomic E-state index is 0.919. The molecule has 0 atom stereocenters. The fourth-order valence-corrected chi connectivity index (χ4v) is 3.26. The van der Waals surface area contributed by atoms with Gasteiger partial charge in [-0.25, -0.2) is 0 Å². The molecule has 28 heavy (non-hydrogen) atoms. The maximum atomic E-state index is 4.83. The predicted octanol–water partition coefficient (Wildman–Crippen LogP) is 6.83. The number of hydrogen-bond donors (Lipinski definition) is 2. The van der Waals surface area contributed by atoms with E-state index in [1.165, 1.54) is 11.1 Å². The van der Waals surface area contributed by atoms with E-state index >= 15 is 0 Å². The van der Waals surface area contributed by atoms with E-state index in [1.54, 1.807) is 0 Å². The minimum Gasteiger partial charge on any atom is -0.357 e. The molecule has 4 heteroatoms. The van der Waals surface area contributed by atoms with E-state index in [9.17, 15) is 0 Å². The van der Waals surface area contributed by atoms with Crippen LogP contribution in [-0.4, -0.2) is 11.4 Å². The molecular weight excluding hydrogens is 344 g/mol. The summed E-state index contributed by atoms with van der Waals surface area (Å²) in [5.74, 6) is 0. The normalized spacial score (nSPS) is 14.8. The second kappa shape index (κ2) is 8.26. The van der Waals surface area contributed by atoms with Gasteiger partial charge in [-0.3, -0.25) is 9.98 Å². The molecule has 0 unspecified atom stereocenters. The van der Waals surface area contributed by atoms with Crippen LogP contribution in [0.4, 0.5) is 22.7 Å². The standard InChI is InChI=1S/C24H28N4/c1-15-7-9-21-23(11-15)27-19(5)13-18(4)26-22-10-8-16(2)12-24(22)28-20(6)14-17(3)25-21/h7-14,27-28H,1-6H3. The average molecular weight is 373 g/mol. The number of nitrogens with zero attached hydrogens (tertiary/aromatic N) is 2. The van der Waals surface area contributed by atoms with E-state index in [4.69, 9.17) is 9.98 Å². The number of fused-ring (bicyclic) bond motifs is 2. The van der Waals surface area contributed by atoms with E-state index in [0.29, 0.717) is 0 Å². The summed E-state index contributed by atoms with van der Waals surface area (Å²) in [6.45, 7) is 12.3. The molecule has 1 heterocycles. The highest BCUT2D eigenvalue weighted by atomic mass is 14.9. The van der Waals surface area contributed by atoms with Gasteiger partial charge in [0.2, 0.25) is 0 Å². The van der Waals surface area contributed by atoms with E-state index in [2.05, 4.69) is 73.0 Å². The van der Waals surface area contributed by atoms with E-state index < -0.39 is 0 Å². The smallest absolute Gasteiger partial charge is 0.0867 e. The molecule has 2 N–H and O–H groups in total. The van der Waals surface area contributed by atoms with Crippen molar-refractivity contribution in [3.63, 3.8) is 0 Å². The Hall–Kier alpha value is -3.14. The molecule has 0 fully saturated rings. The Morgan fingerprint density at radius 1 is 0.571 bits per heavy atom. The first-order valence-corrected chi connectivity index (χ1v) is 9.53. The Labute approximate surface area is 167 Å². The first-order chi connectivity index (χ1) is 13.3. The first kappa shape index (κ1) is 19.6. The molecule has 1 aliphatic rings. The van der Waals surface area contributed by atoms with E-state index in [0.717, 1.165) is 45.6 Å². The number of aliphatic imine (C=N–C) groups is 2. The molecule has 2 aromatic carbocycles. The second-order valence-electron chi connectivity index (χ2n) is 7.45. The van der Waals surface area contributed by atoms with Crippen molar-refractivity contribution < 1.29 is 0 Å². The number of rotatable bonds is 0. The third-order valence-corrected chi connectivity index (χ3v) is 4.41. The van der Waals surface area contributed by atoms with Crippen molar-refractivity contribution >= 4 is 34.2 Å². The van der Waals surface area contributed by atoms with E-state index in [1.807, 2.05) is 27.7 Å². The molecule has 0 aromatic heterocycles. The van der Waals surface area contributed by atoms with Crippen LogP contribution in [0.25, 0.3) is 0 Å². The molecule has 0 saturated carbocycles. The summed E-state index contributed by atoms with van der Waals surface area (Å²) in [5.41, 5.74) is 10.1. The van der Waals surface area contributed by atoms with Gasteiger partial charge >= 0.3 is 0 Å². The van der Waals surface area contributed by atoms with Crippen LogP contribution < -0.4 is 10.6 Å². The van der Waals surface area contributed by atoms with Crippen molar-refractivity contribution in [3.05, 3.63) is 71.1 Å². The molecule has 144 valence electrons. The molecule has 0 radical (unpaired) electrons. The van der Waals surface area contributed by atoms with Gasteiger partial charge in [-0.15, -0.1) is 0 Å². The fourth-order valence-electron chi connectivity index (χ4n) is 3.26. The van der Waals surface area contributed by atoms with Gasteiger partial charge in [0.15, 0.2) is 0 Å². The molecular formula is C24H28N4. The fraction of sp³-hybridized carbons (Fsp3) is 0.250. The molecule has 0 aliphatic carbocycles. The summed E-state index contributed by atoms with van der Waals surface area (Å²) >= 11 is 0. The summed E-state index contributed by atoms with van der Waals surface area (Å²) < 4.78 is 0. The van der Waals surface area contributed by atoms with Crippen LogP contribution in [0.15, 0.2) is 69.9 Å². The molecule has 2 aromatic rings. The summed E-state index contributed by atoms with van der Waals surface area (Å²) in [4.78, 5) is 9.65. The van der Waals surface area contributed by atoms with Crippen LogP contribution in [0.3, 0.4) is 0 Å². The predicted molar refractivity (Wildman–Crippen MR) is 123 cm³/mol. The van der Waals surface area contributed by atoms with Crippen LogP contribution in [0.1, 0.15) is 38.8 Å². The topological polar surface area (TPSA) is 48.8 Å². The Morgan fingerprint density at radius 3 is 1.36 bits per heavy atom. The van der Waals surface area contributed by atoms with Crippen molar-refractivity contribution in [2.75, 3.05) is 10.6 Å². The van der Waals surface area contributed by atoms with Crippen molar-refractivity contribution in [2.45, 2.75) is 41.5 Å². The molecule has 4 nitrogen and oxygen atoms in total. The number of hydrogen-bond acceptors (Lipinski definition) is 4. The van der Waals surface area contributed by atoms with Gasteiger partial charge in [-0.2, -0.15) is 0 Å². The molecule has 0 amide bonds. The number of anilines is 2. The lowest BCUT2D eigenvalue weighted by Crippen LogP contribution is -2.02. The Morgan fingerprint density at radius 2 is 0.964 bits per heavy atom. The van der Waals surface area contributed by atoms with Crippen molar-refractivity contribution in [3.8, 4) is 0 Å². The maximum Gasteiger partial charge on any atom is 0.0867 e. The highest BCUT2D eigenvalue weighted by molar-refractivity contribution is 5.98. The number of nitrogens with one attached hydrogen (secondary N) is 2. The molecule has 0 bridgehead atoms. The van der Waals surface area contributed by atoms with Gasteiger partial charge in [0.25, 0.3) is 0 Å². The quantitative estimate of drug-likeness (QED) is 0.532.